The number of hydrogen-bond donors (Lipinski definition) is 0. The van der Waals surface area contributed by atoms with E-state index in [9.17, 15) is 28.7 Å². The molecule has 10 heavy (non-hydrogen) atoms. The summed E-state index contributed by atoms with van der Waals surface area (Å²) in [5.74, 6) is 0. The third-order valence-corrected chi connectivity index (χ3v) is 1.80. The van der Waals surface area contributed by atoms with Crippen LogP contribution in [0.15, 0.2) is 0 Å². The Morgan fingerprint density at radius 1 is 0.900 bits per heavy atom. The molecule has 0 atom stereocenters. The monoisotopic (exact) mass is 230 g/mol. The van der Waals surface area contributed by atoms with Gasteiger partial charge in [0.2, 0.25) is 0 Å². The molecule has 0 unspecified atom stereocenters. The molecule has 0 N–H and O–H groups in total. The predicted octanol–water partition coefficient (Wildman–Crippen LogP) is -3.34. The van der Waals surface area contributed by atoms with Crippen molar-refractivity contribution >= 4 is 15.6 Å². The first kappa shape index (κ1) is 13.4. The van der Waals surface area contributed by atoms with Crippen molar-refractivity contribution in [3.05, 3.63) is 0 Å². The molecule has 1 radical (unpaired) electrons. The van der Waals surface area contributed by atoms with Crippen molar-refractivity contribution in [2.75, 3.05) is 0 Å². The molecule has 0 aromatic rings. The van der Waals surface area contributed by atoms with Gasteiger partial charge in [-0.1, -0.05) is 0 Å². The summed E-state index contributed by atoms with van der Waals surface area (Å²) in [4.78, 5) is 37.3. The van der Waals surface area contributed by atoms with Crippen molar-refractivity contribution in [3.8, 4) is 0 Å². The standard InChI is InChI=1S/Fe.H4O7P2/c;1-8(2,3)7-9(4,5)6/h;(H2,1,2,3)(H2,4,5,6)/q+3;/p-4. The van der Waals surface area contributed by atoms with Gasteiger partial charge in [0.25, 0.3) is 0 Å². The van der Waals surface area contributed by atoms with Crippen LogP contribution in [0.5, 0.6) is 0 Å². The maximum absolute atomic E-state index is 9.32. The summed E-state index contributed by atoms with van der Waals surface area (Å²) in [6, 6.07) is 0. The molecule has 7 nitrogen and oxygen atoms in total. The van der Waals surface area contributed by atoms with Gasteiger partial charge in [-0.05, 0) is 0 Å². The smallest absolute Gasteiger partial charge is 0.790 e. The molecule has 0 aromatic carbocycles. The largest absolute Gasteiger partial charge is 3.00 e. The zero-order chi connectivity index (χ0) is 7.71. The first-order valence-corrected chi connectivity index (χ1v) is 4.38. The fraction of sp³-hybridized carbons (Fsp3) is 0. The summed E-state index contributed by atoms with van der Waals surface area (Å²) in [6.45, 7) is 0. The van der Waals surface area contributed by atoms with E-state index < -0.39 is 15.6 Å². The first-order chi connectivity index (χ1) is 3.71. The Balaban J connectivity index is 0. The second-order valence-electron chi connectivity index (χ2n) is 0.976. The van der Waals surface area contributed by atoms with Crippen molar-refractivity contribution in [1.82, 2.24) is 0 Å². The quantitative estimate of drug-likeness (QED) is 0.357. The van der Waals surface area contributed by atoms with Crippen LogP contribution in [0.3, 0.4) is 0 Å². The third-order valence-electron chi connectivity index (χ3n) is 0.200. The molecular weight excluding hydrogens is 230 g/mol. The van der Waals surface area contributed by atoms with E-state index in [-0.39, 0.29) is 17.1 Å². The summed E-state index contributed by atoms with van der Waals surface area (Å²) >= 11 is 0. The van der Waals surface area contributed by atoms with E-state index in [4.69, 9.17) is 0 Å². The van der Waals surface area contributed by atoms with Gasteiger partial charge in [-0.15, -0.1) is 0 Å². The van der Waals surface area contributed by atoms with E-state index in [0.717, 1.165) is 0 Å². The van der Waals surface area contributed by atoms with E-state index >= 15 is 0 Å². The Morgan fingerprint density at radius 3 is 1.10 bits per heavy atom. The van der Waals surface area contributed by atoms with Crippen molar-refractivity contribution < 1.29 is 50.1 Å². The van der Waals surface area contributed by atoms with E-state index in [1.165, 1.54) is 0 Å². The van der Waals surface area contributed by atoms with E-state index in [2.05, 4.69) is 4.31 Å². The second-order valence-corrected chi connectivity index (χ2v) is 3.42. The van der Waals surface area contributed by atoms with Gasteiger partial charge in [-0.25, -0.2) is 0 Å². The fourth-order valence-corrected chi connectivity index (χ4v) is 1.10. The molecule has 61 valence electrons. The van der Waals surface area contributed by atoms with E-state index in [0.29, 0.717) is 0 Å². The minimum atomic E-state index is -5.68. The molecule has 10 heteroatoms. The SMILES string of the molecule is O=P([O-])([O-])OP(=O)([O-])[O-].[Fe+3]. The zero-order valence-corrected chi connectivity index (χ0v) is 7.00. The van der Waals surface area contributed by atoms with Crippen LogP contribution in [-0.2, 0) is 30.5 Å². The molecule has 0 amide bonds. The maximum atomic E-state index is 9.32. The number of phosphoric acid groups is 2. The topological polar surface area (TPSA) is 136 Å². The molecule has 0 saturated heterocycles. The van der Waals surface area contributed by atoms with Crippen LogP contribution >= 0.6 is 15.6 Å². The van der Waals surface area contributed by atoms with Gasteiger partial charge in [0.05, 0.1) is 15.6 Å². The van der Waals surface area contributed by atoms with Crippen molar-refractivity contribution in [1.29, 1.82) is 0 Å². The number of hydrogen-bond acceptors (Lipinski definition) is 7. The fourth-order valence-electron chi connectivity index (χ4n) is 0.122. The summed E-state index contributed by atoms with van der Waals surface area (Å²) < 4.78 is 21.2. The normalized spacial score (nSPS) is 12.4. The van der Waals surface area contributed by atoms with Crippen LogP contribution < -0.4 is 19.6 Å². The summed E-state index contributed by atoms with van der Waals surface area (Å²) in [5, 5.41) is 0. The summed E-state index contributed by atoms with van der Waals surface area (Å²) in [7, 11) is -11.4. The van der Waals surface area contributed by atoms with Crippen LogP contribution in [0.2, 0.25) is 0 Å². The first-order valence-electron chi connectivity index (χ1n) is 1.46. The molecule has 0 saturated carbocycles. The average molecular weight is 230 g/mol. The Bertz CT molecular complexity index is 152. The van der Waals surface area contributed by atoms with Gasteiger partial charge >= 0.3 is 17.1 Å². The maximum Gasteiger partial charge on any atom is 3.00 e. The minimum Gasteiger partial charge on any atom is -0.790 e. The average Bonchev–Trinajstić information content (AvgIpc) is 1.14. The molecule has 0 fully saturated rings. The number of rotatable bonds is 2. The van der Waals surface area contributed by atoms with Gasteiger partial charge in [-0.2, -0.15) is 0 Å². The van der Waals surface area contributed by atoms with Crippen LogP contribution in [-0.4, -0.2) is 0 Å². The molecule has 0 heterocycles. The van der Waals surface area contributed by atoms with Gasteiger partial charge < -0.3 is 33.0 Å². The van der Waals surface area contributed by atoms with Crippen LogP contribution in [0, 0.1) is 0 Å². The van der Waals surface area contributed by atoms with Crippen LogP contribution in [0.4, 0.5) is 0 Å². The van der Waals surface area contributed by atoms with Crippen LogP contribution in [0.25, 0.3) is 0 Å². The Hall–Kier alpha value is 0.779. The van der Waals surface area contributed by atoms with Crippen molar-refractivity contribution in [2.45, 2.75) is 0 Å². The Morgan fingerprint density at radius 2 is 1.10 bits per heavy atom. The van der Waals surface area contributed by atoms with E-state index in [1.54, 1.807) is 0 Å². The molecule has 0 aliphatic rings. The van der Waals surface area contributed by atoms with E-state index in [1.807, 2.05) is 0 Å². The molecule has 0 rings (SSSR count). The van der Waals surface area contributed by atoms with Gasteiger partial charge in [0.15, 0.2) is 0 Å². The molecule has 0 aliphatic heterocycles. The van der Waals surface area contributed by atoms with Crippen molar-refractivity contribution in [2.24, 2.45) is 0 Å². The molecule has 0 aromatic heterocycles. The summed E-state index contributed by atoms with van der Waals surface area (Å²) in [6.07, 6.45) is 0. The van der Waals surface area contributed by atoms with Crippen LogP contribution in [0.1, 0.15) is 0 Å². The van der Waals surface area contributed by atoms with Gasteiger partial charge in [0, 0.05) is 0 Å². The van der Waals surface area contributed by atoms with Crippen molar-refractivity contribution in [3.63, 3.8) is 0 Å². The predicted molar refractivity (Wildman–Crippen MR) is 16.3 cm³/mol. The Labute approximate surface area is 66.4 Å². The Kier molecular flexibility index (Phi) is 5.31. The summed E-state index contributed by atoms with van der Waals surface area (Å²) in [5.41, 5.74) is 0. The zero-order valence-electron chi connectivity index (χ0n) is 4.11. The molecular formula is FeO7P2-. The molecule has 0 aliphatic carbocycles. The minimum absolute atomic E-state index is 0. The molecule has 0 bridgehead atoms. The third kappa shape index (κ3) is 11.6. The van der Waals surface area contributed by atoms with Gasteiger partial charge in [-0.3, -0.25) is 0 Å². The second kappa shape index (κ2) is 3.97. The molecule has 0 spiro atoms. The van der Waals surface area contributed by atoms with Gasteiger partial charge in [0.1, 0.15) is 0 Å².